The quantitative estimate of drug-likeness (QED) is 0.350. The van der Waals surface area contributed by atoms with Gasteiger partial charge in [0.05, 0.1) is 5.56 Å². The minimum absolute atomic E-state index is 0.155. The number of phenolic OH excluding ortho intramolecular Hbond substituents is 1. The Morgan fingerprint density at radius 3 is 2.31 bits per heavy atom. The largest absolute Gasteiger partial charge is 0.508 e. The van der Waals surface area contributed by atoms with Gasteiger partial charge < -0.3 is 32.5 Å². The Morgan fingerprint density at radius 2 is 1.77 bits per heavy atom. The van der Waals surface area contributed by atoms with Crippen molar-refractivity contribution in [1.82, 2.24) is 0 Å². The molecule has 0 saturated heterocycles. The van der Waals surface area contributed by atoms with Crippen molar-refractivity contribution in [3.63, 3.8) is 0 Å². The third kappa shape index (κ3) is 4.70. The minimum Gasteiger partial charge on any atom is -0.508 e. The van der Waals surface area contributed by atoms with Crippen LogP contribution in [0.4, 0.5) is 5.69 Å². The lowest BCUT2D eigenvalue weighted by molar-refractivity contribution is 0.0698. The molecular weight excluding hydrogens is 334 g/mol. The molecule has 0 fully saturated rings. The second-order valence-electron chi connectivity index (χ2n) is 5.84. The van der Waals surface area contributed by atoms with Gasteiger partial charge in [-0.05, 0) is 47.6 Å². The van der Waals surface area contributed by atoms with Gasteiger partial charge in [-0.3, -0.25) is 0 Å². The molecule has 0 aromatic heterocycles. The first kappa shape index (κ1) is 19.2. The number of carbonyl (C=O) groups is 1. The van der Waals surface area contributed by atoms with Crippen molar-refractivity contribution in [3.05, 3.63) is 77.9 Å². The molecule has 0 aliphatic heterocycles. The van der Waals surface area contributed by atoms with E-state index in [2.05, 4.69) is 0 Å². The molecule has 0 amide bonds. The number of allylic oxidation sites excluding steroid dienone is 2. The second-order valence-corrected chi connectivity index (χ2v) is 5.84. The smallest absolute Gasteiger partial charge is 0.337 e. The van der Waals surface area contributed by atoms with Crippen molar-refractivity contribution in [2.75, 3.05) is 5.73 Å². The van der Waals surface area contributed by atoms with Crippen LogP contribution in [0.3, 0.4) is 0 Å². The SMILES string of the molecule is NC1(N)C=CC(c2cccc(O)c2)=CC1O.Nc1ccccc1C(=O)O. The summed E-state index contributed by atoms with van der Waals surface area (Å²) in [6, 6.07) is 13.1. The monoisotopic (exact) mass is 355 g/mol. The van der Waals surface area contributed by atoms with E-state index in [1.807, 2.05) is 6.07 Å². The van der Waals surface area contributed by atoms with E-state index in [0.717, 1.165) is 11.1 Å². The van der Waals surface area contributed by atoms with Gasteiger partial charge in [0.25, 0.3) is 0 Å². The number of phenols is 1. The summed E-state index contributed by atoms with van der Waals surface area (Å²) in [5.41, 5.74) is 17.4. The van der Waals surface area contributed by atoms with Crippen LogP contribution >= 0.6 is 0 Å². The van der Waals surface area contributed by atoms with Crippen molar-refractivity contribution in [1.29, 1.82) is 0 Å². The maximum absolute atomic E-state index is 10.3. The number of anilines is 1. The zero-order valence-corrected chi connectivity index (χ0v) is 13.9. The number of aliphatic hydroxyl groups excluding tert-OH is 1. The molecule has 7 heteroatoms. The van der Waals surface area contributed by atoms with Crippen molar-refractivity contribution in [2.24, 2.45) is 11.5 Å². The fourth-order valence-electron chi connectivity index (χ4n) is 2.27. The number of aliphatic hydroxyl groups is 1. The Labute approximate surface area is 150 Å². The molecular formula is C19H21N3O4. The highest BCUT2D eigenvalue weighted by Gasteiger charge is 2.27. The van der Waals surface area contributed by atoms with Gasteiger partial charge in [0.2, 0.25) is 0 Å². The molecule has 136 valence electrons. The highest BCUT2D eigenvalue weighted by Crippen LogP contribution is 2.25. The van der Waals surface area contributed by atoms with E-state index in [-0.39, 0.29) is 11.3 Å². The summed E-state index contributed by atoms with van der Waals surface area (Å²) < 4.78 is 0. The standard InChI is InChI=1S/C12H14N2O2.C7H7NO2/c13-12(14)5-4-9(7-11(12)16)8-2-1-3-10(15)6-8;8-6-4-2-1-3-5(6)7(9)10/h1-7,11,15-16H,13-14H2;1-4H,8H2,(H,9,10). The lowest BCUT2D eigenvalue weighted by Crippen LogP contribution is -2.57. The van der Waals surface area contributed by atoms with Gasteiger partial charge in [0.15, 0.2) is 0 Å². The number of aromatic hydroxyl groups is 1. The summed E-state index contributed by atoms with van der Waals surface area (Å²) >= 11 is 0. The molecule has 2 aromatic rings. The van der Waals surface area contributed by atoms with E-state index in [1.165, 1.54) is 6.07 Å². The number of benzene rings is 2. The summed E-state index contributed by atoms with van der Waals surface area (Å²) in [6.07, 6.45) is 3.93. The predicted octanol–water partition coefficient (Wildman–Crippen LogP) is 1.29. The summed E-state index contributed by atoms with van der Waals surface area (Å²) in [6.45, 7) is 0. The molecule has 3 rings (SSSR count). The fourth-order valence-corrected chi connectivity index (χ4v) is 2.27. The second kappa shape index (κ2) is 7.83. The van der Waals surface area contributed by atoms with E-state index in [0.29, 0.717) is 5.69 Å². The Kier molecular flexibility index (Phi) is 5.78. The van der Waals surface area contributed by atoms with E-state index in [1.54, 1.807) is 54.6 Å². The van der Waals surface area contributed by atoms with E-state index in [9.17, 15) is 15.0 Å². The molecule has 1 atom stereocenters. The van der Waals surface area contributed by atoms with Crippen LogP contribution in [0.2, 0.25) is 0 Å². The summed E-state index contributed by atoms with van der Waals surface area (Å²) in [5.74, 6) is -0.809. The number of rotatable bonds is 2. The molecule has 1 unspecified atom stereocenters. The van der Waals surface area contributed by atoms with E-state index < -0.39 is 17.7 Å². The average Bonchev–Trinajstić information content (AvgIpc) is 2.58. The molecule has 9 N–H and O–H groups in total. The van der Waals surface area contributed by atoms with Crippen LogP contribution in [0.1, 0.15) is 15.9 Å². The topological polar surface area (TPSA) is 156 Å². The Bertz CT molecular complexity index is 859. The van der Waals surface area contributed by atoms with Gasteiger partial charge in [0, 0.05) is 5.69 Å². The number of hydrogen-bond donors (Lipinski definition) is 6. The van der Waals surface area contributed by atoms with Crippen LogP contribution in [-0.4, -0.2) is 33.1 Å². The first-order valence-corrected chi connectivity index (χ1v) is 7.75. The Hall–Kier alpha value is -3.13. The molecule has 7 nitrogen and oxygen atoms in total. The van der Waals surface area contributed by atoms with Crippen molar-refractivity contribution >= 4 is 17.2 Å². The van der Waals surface area contributed by atoms with Crippen LogP contribution in [0.5, 0.6) is 5.75 Å². The van der Waals surface area contributed by atoms with Gasteiger partial charge in [-0.2, -0.15) is 0 Å². The maximum atomic E-state index is 10.3. The van der Waals surface area contributed by atoms with Crippen molar-refractivity contribution in [2.45, 2.75) is 11.8 Å². The molecule has 1 aliphatic rings. The summed E-state index contributed by atoms with van der Waals surface area (Å²) in [7, 11) is 0. The third-order valence-electron chi connectivity index (χ3n) is 3.77. The molecule has 0 spiro atoms. The fraction of sp³-hybridized carbons (Fsp3) is 0.105. The normalized spacial score (nSPS) is 17.7. The lowest BCUT2D eigenvalue weighted by Gasteiger charge is -2.28. The Morgan fingerprint density at radius 1 is 1.08 bits per heavy atom. The number of aromatic carboxylic acids is 1. The molecule has 26 heavy (non-hydrogen) atoms. The minimum atomic E-state index is -1.22. The molecule has 0 radical (unpaired) electrons. The molecule has 0 heterocycles. The molecule has 2 aromatic carbocycles. The van der Waals surface area contributed by atoms with Crippen LogP contribution in [0, 0.1) is 0 Å². The average molecular weight is 355 g/mol. The molecule has 1 aliphatic carbocycles. The highest BCUT2D eigenvalue weighted by molar-refractivity contribution is 5.93. The predicted molar refractivity (Wildman–Crippen MR) is 100 cm³/mol. The van der Waals surface area contributed by atoms with Crippen molar-refractivity contribution < 1.29 is 20.1 Å². The third-order valence-corrected chi connectivity index (χ3v) is 3.77. The lowest BCUT2D eigenvalue weighted by atomic mass is 9.92. The van der Waals surface area contributed by atoms with Gasteiger partial charge >= 0.3 is 5.97 Å². The number of hydrogen-bond acceptors (Lipinski definition) is 6. The number of carboxylic acid groups (broad SMARTS) is 1. The number of nitrogens with two attached hydrogens (primary N) is 3. The highest BCUT2D eigenvalue weighted by atomic mass is 16.4. The van der Waals surface area contributed by atoms with E-state index >= 15 is 0 Å². The van der Waals surface area contributed by atoms with Gasteiger partial charge in [-0.1, -0.05) is 30.3 Å². The summed E-state index contributed by atoms with van der Waals surface area (Å²) in [4.78, 5) is 10.3. The Balaban J connectivity index is 0.000000209. The number of para-hydroxylation sites is 1. The van der Waals surface area contributed by atoms with Gasteiger partial charge in [0.1, 0.15) is 17.5 Å². The zero-order valence-electron chi connectivity index (χ0n) is 13.9. The van der Waals surface area contributed by atoms with Crippen LogP contribution in [0.15, 0.2) is 66.8 Å². The molecule has 0 bridgehead atoms. The summed E-state index contributed by atoms with van der Waals surface area (Å²) in [5, 5.41) is 27.5. The van der Waals surface area contributed by atoms with Gasteiger partial charge in [-0.25, -0.2) is 4.79 Å². The van der Waals surface area contributed by atoms with Gasteiger partial charge in [-0.15, -0.1) is 0 Å². The van der Waals surface area contributed by atoms with Crippen LogP contribution in [-0.2, 0) is 0 Å². The first-order valence-electron chi connectivity index (χ1n) is 7.75. The van der Waals surface area contributed by atoms with Crippen LogP contribution < -0.4 is 17.2 Å². The first-order chi connectivity index (χ1) is 12.2. The number of nitrogen functional groups attached to an aromatic ring is 1. The van der Waals surface area contributed by atoms with Crippen LogP contribution in [0.25, 0.3) is 5.57 Å². The maximum Gasteiger partial charge on any atom is 0.337 e. The van der Waals surface area contributed by atoms with E-state index in [4.69, 9.17) is 22.3 Å². The van der Waals surface area contributed by atoms with Crippen molar-refractivity contribution in [3.8, 4) is 5.75 Å². The number of carboxylic acids is 1. The molecule has 0 saturated carbocycles. The zero-order chi connectivity index (χ0) is 19.3.